The molecular weight excluding hydrogens is 367 g/mol. The molecule has 0 atom stereocenters. The van der Waals surface area contributed by atoms with Crippen LogP contribution in [0.2, 0.25) is 0 Å². The summed E-state index contributed by atoms with van der Waals surface area (Å²) in [7, 11) is 1.60. The number of halogens is 3. The molecule has 0 bridgehead atoms. The molecular formula is C18H11Cl3N2O. The van der Waals surface area contributed by atoms with E-state index in [0.29, 0.717) is 17.0 Å². The number of fused-ring (bicyclic) bond motifs is 1. The molecule has 3 aromatic rings. The predicted molar refractivity (Wildman–Crippen MR) is 97.7 cm³/mol. The number of methoxy groups -OCH3 is 1. The first-order chi connectivity index (χ1) is 11.5. The topological polar surface area (TPSA) is 35.0 Å². The minimum atomic E-state index is -1.72. The highest BCUT2D eigenvalue weighted by Crippen LogP contribution is 2.36. The maximum absolute atomic E-state index is 5.93. The second-order valence-electron chi connectivity index (χ2n) is 4.86. The number of rotatable bonds is 1. The molecule has 1 heterocycles. The van der Waals surface area contributed by atoms with E-state index in [1.165, 1.54) is 0 Å². The SMILES string of the molecule is COc1ccccc1C#Cc1nc(C(Cl)(Cl)Cl)nc2ccccc12. The van der Waals surface area contributed by atoms with Gasteiger partial charge in [0, 0.05) is 5.39 Å². The second-order valence-corrected chi connectivity index (χ2v) is 7.14. The van der Waals surface area contributed by atoms with Crippen molar-refractivity contribution in [3.63, 3.8) is 0 Å². The Labute approximate surface area is 154 Å². The average Bonchev–Trinajstić information content (AvgIpc) is 2.58. The highest BCUT2D eigenvalue weighted by Gasteiger charge is 2.27. The molecule has 0 saturated carbocycles. The van der Waals surface area contributed by atoms with Gasteiger partial charge in [-0.2, -0.15) is 0 Å². The quantitative estimate of drug-likeness (QED) is 0.448. The molecule has 0 amide bonds. The molecule has 3 nitrogen and oxygen atoms in total. The van der Waals surface area contributed by atoms with Crippen molar-refractivity contribution in [2.24, 2.45) is 0 Å². The van der Waals surface area contributed by atoms with Crippen LogP contribution < -0.4 is 4.74 Å². The molecule has 0 aliphatic carbocycles. The Morgan fingerprint density at radius 2 is 1.62 bits per heavy atom. The van der Waals surface area contributed by atoms with Crippen molar-refractivity contribution in [1.29, 1.82) is 0 Å². The third-order valence-electron chi connectivity index (χ3n) is 3.28. The highest BCUT2D eigenvalue weighted by molar-refractivity contribution is 6.66. The molecule has 2 aromatic carbocycles. The van der Waals surface area contributed by atoms with Crippen molar-refractivity contribution < 1.29 is 4.74 Å². The van der Waals surface area contributed by atoms with Crippen molar-refractivity contribution in [1.82, 2.24) is 9.97 Å². The van der Waals surface area contributed by atoms with E-state index in [2.05, 4.69) is 21.8 Å². The minimum absolute atomic E-state index is 0.0931. The van der Waals surface area contributed by atoms with Gasteiger partial charge in [0.05, 0.1) is 18.2 Å². The molecule has 3 rings (SSSR count). The second kappa shape index (κ2) is 6.86. The van der Waals surface area contributed by atoms with Crippen LogP contribution in [0.4, 0.5) is 0 Å². The molecule has 0 spiro atoms. The van der Waals surface area contributed by atoms with Crippen molar-refractivity contribution in [2.75, 3.05) is 7.11 Å². The Morgan fingerprint density at radius 1 is 0.917 bits per heavy atom. The highest BCUT2D eigenvalue weighted by atomic mass is 35.6. The number of benzene rings is 2. The summed E-state index contributed by atoms with van der Waals surface area (Å²) in [5.74, 6) is 6.87. The van der Waals surface area contributed by atoms with E-state index < -0.39 is 3.79 Å². The smallest absolute Gasteiger partial charge is 0.250 e. The monoisotopic (exact) mass is 376 g/mol. The van der Waals surface area contributed by atoms with Gasteiger partial charge in [0.25, 0.3) is 0 Å². The van der Waals surface area contributed by atoms with Gasteiger partial charge >= 0.3 is 0 Å². The van der Waals surface area contributed by atoms with E-state index >= 15 is 0 Å². The summed E-state index contributed by atoms with van der Waals surface area (Å²) in [6.45, 7) is 0. The fraction of sp³-hybridized carbons (Fsp3) is 0.111. The summed E-state index contributed by atoms with van der Waals surface area (Å²) >= 11 is 17.8. The van der Waals surface area contributed by atoms with Crippen LogP contribution in [0.25, 0.3) is 10.9 Å². The zero-order valence-electron chi connectivity index (χ0n) is 12.6. The summed E-state index contributed by atoms with van der Waals surface area (Å²) in [4.78, 5) is 8.62. The first kappa shape index (κ1) is 16.9. The van der Waals surface area contributed by atoms with Gasteiger partial charge in [0.15, 0.2) is 5.82 Å². The normalized spacial score (nSPS) is 11.0. The van der Waals surface area contributed by atoms with Crippen molar-refractivity contribution >= 4 is 45.7 Å². The van der Waals surface area contributed by atoms with Crippen LogP contribution in [-0.2, 0) is 3.79 Å². The van der Waals surface area contributed by atoms with Crippen LogP contribution >= 0.6 is 34.8 Å². The zero-order chi connectivity index (χ0) is 17.2. The van der Waals surface area contributed by atoms with Crippen molar-refractivity contribution in [3.8, 4) is 17.6 Å². The van der Waals surface area contributed by atoms with E-state index in [1.807, 2.05) is 48.5 Å². The van der Waals surface area contributed by atoms with Crippen LogP contribution in [0, 0.1) is 11.8 Å². The summed E-state index contributed by atoms with van der Waals surface area (Å²) in [5, 5.41) is 0.790. The van der Waals surface area contributed by atoms with E-state index in [9.17, 15) is 0 Å². The van der Waals surface area contributed by atoms with Crippen LogP contribution in [0.15, 0.2) is 48.5 Å². The Bertz CT molecular complexity index is 956. The van der Waals surface area contributed by atoms with Gasteiger partial charge in [-0.15, -0.1) is 0 Å². The summed E-state index contributed by atoms with van der Waals surface area (Å²) in [6, 6.07) is 14.9. The number of nitrogens with zero attached hydrogens (tertiary/aromatic N) is 2. The first-order valence-corrected chi connectivity index (χ1v) is 8.11. The van der Waals surface area contributed by atoms with E-state index in [1.54, 1.807) is 7.11 Å². The molecule has 24 heavy (non-hydrogen) atoms. The van der Waals surface area contributed by atoms with Crippen LogP contribution in [0.1, 0.15) is 17.1 Å². The standard InChI is InChI=1S/C18H11Cl3N2O/c1-24-16-9-5-2-6-12(16)10-11-15-13-7-3-4-8-14(13)22-17(23-15)18(19,20)21/h2-9H,1H3. The van der Waals surface area contributed by atoms with Crippen molar-refractivity contribution in [3.05, 3.63) is 65.6 Å². The van der Waals surface area contributed by atoms with Gasteiger partial charge in [0.2, 0.25) is 3.79 Å². The van der Waals surface area contributed by atoms with Gasteiger partial charge in [-0.1, -0.05) is 65.0 Å². The van der Waals surface area contributed by atoms with E-state index in [0.717, 1.165) is 10.9 Å². The third-order valence-corrected chi connectivity index (χ3v) is 3.79. The lowest BCUT2D eigenvalue weighted by Gasteiger charge is -2.11. The Balaban J connectivity index is 2.18. The number of aromatic nitrogens is 2. The minimum Gasteiger partial charge on any atom is -0.495 e. The summed E-state index contributed by atoms with van der Waals surface area (Å²) in [5.41, 5.74) is 1.91. The molecule has 0 N–H and O–H groups in total. The molecule has 120 valence electrons. The number of hydrogen-bond acceptors (Lipinski definition) is 3. The summed E-state index contributed by atoms with van der Waals surface area (Å²) < 4.78 is 3.58. The molecule has 6 heteroatoms. The molecule has 0 unspecified atom stereocenters. The Hall–Kier alpha value is -1.99. The van der Waals surface area contributed by atoms with Gasteiger partial charge in [0.1, 0.15) is 11.4 Å². The van der Waals surface area contributed by atoms with Gasteiger partial charge in [-0.25, -0.2) is 9.97 Å². The van der Waals surface area contributed by atoms with Gasteiger partial charge in [-0.05, 0) is 30.2 Å². The Morgan fingerprint density at radius 3 is 2.38 bits per heavy atom. The molecule has 0 radical (unpaired) electrons. The number of alkyl halides is 3. The lowest BCUT2D eigenvalue weighted by atomic mass is 10.1. The van der Waals surface area contributed by atoms with E-state index in [-0.39, 0.29) is 5.82 Å². The predicted octanol–water partition coefficient (Wildman–Crippen LogP) is 4.86. The fourth-order valence-corrected chi connectivity index (χ4v) is 2.43. The lowest BCUT2D eigenvalue weighted by Crippen LogP contribution is -2.09. The lowest BCUT2D eigenvalue weighted by molar-refractivity contribution is 0.413. The molecule has 0 aliphatic heterocycles. The maximum atomic E-state index is 5.93. The summed E-state index contributed by atoms with van der Waals surface area (Å²) in [6.07, 6.45) is 0. The molecule has 1 aromatic heterocycles. The zero-order valence-corrected chi connectivity index (χ0v) is 14.8. The van der Waals surface area contributed by atoms with Crippen molar-refractivity contribution in [2.45, 2.75) is 3.79 Å². The molecule has 0 aliphatic rings. The van der Waals surface area contributed by atoms with Crippen LogP contribution in [-0.4, -0.2) is 17.1 Å². The molecule has 0 saturated heterocycles. The molecule has 0 fully saturated rings. The van der Waals surface area contributed by atoms with E-state index in [4.69, 9.17) is 39.5 Å². The number of para-hydroxylation sites is 2. The number of hydrogen-bond donors (Lipinski definition) is 0. The largest absolute Gasteiger partial charge is 0.495 e. The maximum Gasteiger partial charge on any atom is 0.250 e. The van der Waals surface area contributed by atoms with Crippen LogP contribution in [0.3, 0.4) is 0 Å². The number of ether oxygens (including phenoxy) is 1. The van der Waals surface area contributed by atoms with Gasteiger partial charge in [-0.3, -0.25) is 0 Å². The Kier molecular flexibility index (Phi) is 4.82. The van der Waals surface area contributed by atoms with Gasteiger partial charge < -0.3 is 4.74 Å². The average molecular weight is 378 g/mol. The fourth-order valence-electron chi connectivity index (χ4n) is 2.17. The third kappa shape index (κ3) is 3.57. The van der Waals surface area contributed by atoms with Crippen LogP contribution in [0.5, 0.6) is 5.75 Å². The first-order valence-electron chi connectivity index (χ1n) is 6.98.